The van der Waals surface area contributed by atoms with E-state index in [0.29, 0.717) is 29.9 Å². The fraction of sp³-hybridized carbons (Fsp3) is 0.300. The third-order valence-corrected chi connectivity index (χ3v) is 4.86. The number of hydrogen-bond donors (Lipinski definition) is 0. The van der Waals surface area contributed by atoms with Gasteiger partial charge in [0.15, 0.2) is 0 Å². The predicted molar refractivity (Wildman–Crippen MR) is 99.5 cm³/mol. The lowest BCUT2D eigenvalue weighted by Crippen LogP contribution is -2.34. The highest BCUT2D eigenvalue weighted by Gasteiger charge is 2.33. The zero-order valence-corrected chi connectivity index (χ0v) is 15.2. The van der Waals surface area contributed by atoms with Crippen LogP contribution in [0.15, 0.2) is 46.8 Å². The van der Waals surface area contributed by atoms with E-state index in [1.807, 2.05) is 42.7 Å². The smallest absolute Gasteiger partial charge is 0.251 e. The third-order valence-electron chi connectivity index (χ3n) is 4.86. The number of fused-ring (bicyclic) bond motifs is 3. The predicted octanol–water partition coefficient (Wildman–Crippen LogP) is 3.61. The highest BCUT2D eigenvalue weighted by molar-refractivity contribution is 6.03. The van der Waals surface area contributed by atoms with Gasteiger partial charge in [-0.2, -0.15) is 4.98 Å². The number of allylic oxidation sites excluding steroid dienone is 1. The van der Waals surface area contributed by atoms with Gasteiger partial charge in [0, 0.05) is 12.0 Å². The second kappa shape index (κ2) is 5.90. The number of aromatic nitrogens is 4. The Kier molecular flexibility index (Phi) is 3.50. The van der Waals surface area contributed by atoms with Crippen molar-refractivity contribution in [3.8, 4) is 17.2 Å². The maximum atomic E-state index is 12.8. The van der Waals surface area contributed by atoms with Crippen molar-refractivity contribution in [2.75, 3.05) is 4.90 Å². The first kappa shape index (κ1) is 16.0. The first-order valence-electron chi connectivity index (χ1n) is 9.08. The van der Waals surface area contributed by atoms with E-state index in [4.69, 9.17) is 4.52 Å². The fourth-order valence-corrected chi connectivity index (χ4v) is 3.40. The summed E-state index contributed by atoms with van der Waals surface area (Å²) in [6, 6.07) is 7.83. The first-order chi connectivity index (χ1) is 13.1. The third kappa shape index (κ3) is 2.66. The Bertz CT molecular complexity index is 1070. The van der Waals surface area contributed by atoms with E-state index in [1.165, 1.54) is 0 Å². The maximum absolute atomic E-state index is 12.8. The van der Waals surface area contributed by atoms with Crippen LogP contribution in [-0.2, 0) is 11.3 Å². The standard InChI is InChI=1S/C20H19N5O2/c1-12(2)9-17(26)24-10-16-18(19-22-20(27-23-19)13-7-8-13)21-11-25(16)15-6-4-3-5-14(15)24/h3-6,9,11,13H,7-8,10H2,1-2H3. The van der Waals surface area contributed by atoms with Crippen molar-refractivity contribution in [2.45, 2.75) is 39.2 Å². The van der Waals surface area contributed by atoms with Gasteiger partial charge in [0.05, 0.1) is 23.6 Å². The molecule has 1 amide bonds. The highest BCUT2D eigenvalue weighted by atomic mass is 16.5. The number of nitrogens with zero attached hydrogens (tertiary/aromatic N) is 5. The van der Waals surface area contributed by atoms with E-state index in [1.54, 1.807) is 17.3 Å². The van der Waals surface area contributed by atoms with Gasteiger partial charge < -0.3 is 9.42 Å². The van der Waals surface area contributed by atoms with E-state index in [0.717, 1.165) is 35.5 Å². The van der Waals surface area contributed by atoms with Crippen molar-refractivity contribution in [2.24, 2.45) is 0 Å². The SMILES string of the molecule is CC(C)=CC(=O)N1Cc2c(-c3noc(C4CC4)n3)ncn2-c2ccccc21. The lowest BCUT2D eigenvalue weighted by molar-refractivity contribution is -0.114. The molecule has 7 nitrogen and oxygen atoms in total. The van der Waals surface area contributed by atoms with E-state index >= 15 is 0 Å². The van der Waals surface area contributed by atoms with Crippen LogP contribution >= 0.6 is 0 Å². The molecule has 0 bridgehead atoms. The number of para-hydroxylation sites is 2. The molecule has 0 radical (unpaired) electrons. The second-order valence-electron chi connectivity index (χ2n) is 7.28. The Labute approximate surface area is 156 Å². The molecule has 0 saturated heterocycles. The molecular formula is C20H19N5O2. The van der Waals surface area contributed by atoms with E-state index in [2.05, 4.69) is 15.1 Å². The second-order valence-corrected chi connectivity index (χ2v) is 7.28. The minimum atomic E-state index is -0.0485. The molecular weight excluding hydrogens is 342 g/mol. The van der Waals surface area contributed by atoms with Gasteiger partial charge in [-0.3, -0.25) is 9.36 Å². The molecule has 3 aromatic rings. The zero-order valence-electron chi connectivity index (χ0n) is 15.2. The maximum Gasteiger partial charge on any atom is 0.251 e. The summed E-state index contributed by atoms with van der Waals surface area (Å²) in [7, 11) is 0. The molecule has 0 N–H and O–H groups in total. The molecule has 27 heavy (non-hydrogen) atoms. The molecule has 1 saturated carbocycles. The minimum absolute atomic E-state index is 0.0485. The van der Waals surface area contributed by atoms with E-state index in [-0.39, 0.29) is 5.91 Å². The summed E-state index contributed by atoms with van der Waals surface area (Å²) in [4.78, 5) is 23.7. The Morgan fingerprint density at radius 3 is 2.74 bits per heavy atom. The van der Waals surface area contributed by atoms with Gasteiger partial charge in [0.2, 0.25) is 11.7 Å². The molecule has 7 heteroatoms. The summed E-state index contributed by atoms with van der Waals surface area (Å²) in [5, 5.41) is 4.12. The number of carbonyl (C=O) groups excluding carboxylic acids is 1. The van der Waals surface area contributed by atoms with Crippen molar-refractivity contribution in [3.05, 3.63) is 53.8 Å². The number of imidazole rings is 1. The van der Waals surface area contributed by atoms with Crippen molar-refractivity contribution in [1.82, 2.24) is 19.7 Å². The number of anilines is 1. The Balaban J connectivity index is 1.61. The topological polar surface area (TPSA) is 77.1 Å². The van der Waals surface area contributed by atoms with Gasteiger partial charge in [0.1, 0.15) is 12.0 Å². The molecule has 1 fully saturated rings. The van der Waals surface area contributed by atoms with Crippen LogP contribution in [0.2, 0.25) is 0 Å². The largest absolute Gasteiger partial charge is 0.339 e. The van der Waals surface area contributed by atoms with Crippen molar-refractivity contribution in [3.63, 3.8) is 0 Å². The summed E-state index contributed by atoms with van der Waals surface area (Å²) in [5.74, 6) is 1.51. The van der Waals surface area contributed by atoms with Gasteiger partial charge in [-0.15, -0.1) is 0 Å². The van der Waals surface area contributed by atoms with Gasteiger partial charge in [-0.1, -0.05) is 22.9 Å². The van der Waals surface area contributed by atoms with E-state index in [9.17, 15) is 4.79 Å². The molecule has 0 atom stereocenters. The molecule has 2 aliphatic rings. The quantitative estimate of drug-likeness (QED) is 0.666. The highest BCUT2D eigenvalue weighted by Crippen LogP contribution is 2.40. The lowest BCUT2D eigenvalue weighted by atomic mass is 10.1. The summed E-state index contributed by atoms with van der Waals surface area (Å²) in [6.07, 6.45) is 5.62. The molecule has 2 aromatic heterocycles. The van der Waals surface area contributed by atoms with Crippen LogP contribution in [0.5, 0.6) is 0 Å². The van der Waals surface area contributed by atoms with Crippen LogP contribution in [0.4, 0.5) is 5.69 Å². The van der Waals surface area contributed by atoms with Crippen LogP contribution in [-0.4, -0.2) is 25.6 Å². The molecule has 1 aliphatic heterocycles. The number of hydrogen-bond acceptors (Lipinski definition) is 5. The van der Waals surface area contributed by atoms with Crippen molar-refractivity contribution < 1.29 is 9.32 Å². The monoisotopic (exact) mass is 361 g/mol. The zero-order chi connectivity index (χ0) is 18.5. The Hall–Kier alpha value is -3.22. The van der Waals surface area contributed by atoms with Crippen LogP contribution in [0.1, 0.15) is 44.2 Å². The van der Waals surface area contributed by atoms with Crippen LogP contribution in [0, 0.1) is 0 Å². The molecule has 136 valence electrons. The van der Waals surface area contributed by atoms with Crippen LogP contribution in [0.3, 0.4) is 0 Å². The molecule has 0 unspecified atom stereocenters. The van der Waals surface area contributed by atoms with Gasteiger partial charge in [-0.05, 0) is 38.8 Å². The Morgan fingerprint density at radius 1 is 1.22 bits per heavy atom. The van der Waals surface area contributed by atoms with E-state index < -0.39 is 0 Å². The first-order valence-corrected chi connectivity index (χ1v) is 9.08. The van der Waals surface area contributed by atoms with Crippen LogP contribution in [0.25, 0.3) is 17.2 Å². The number of amides is 1. The average Bonchev–Trinajstić information content (AvgIpc) is 3.23. The summed E-state index contributed by atoms with van der Waals surface area (Å²) < 4.78 is 7.40. The van der Waals surface area contributed by atoms with Crippen LogP contribution < -0.4 is 4.90 Å². The molecule has 1 aliphatic carbocycles. The number of carbonyl (C=O) groups is 1. The average molecular weight is 361 g/mol. The minimum Gasteiger partial charge on any atom is -0.339 e. The molecule has 5 rings (SSSR count). The summed E-state index contributed by atoms with van der Waals surface area (Å²) >= 11 is 0. The van der Waals surface area contributed by atoms with Gasteiger partial charge in [0.25, 0.3) is 5.91 Å². The fourth-order valence-electron chi connectivity index (χ4n) is 3.40. The molecule has 1 aromatic carbocycles. The van der Waals surface area contributed by atoms with Crippen molar-refractivity contribution in [1.29, 1.82) is 0 Å². The van der Waals surface area contributed by atoms with Gasteiger partial charge in [-0.25, -0.2) is 4.98 Å². The molecule has 3 heterocycles. The normalized spacial score (nSPS) is 15.3. The van der Waals surface area contributed by atoms with Gasteiger partial charge >= 0.3 is 0 Å². The molecule has 0 spiro atoms. The summed E-state index contributed by atoms with van der Waals surface area (Å²) in [6.45, 7) is 4.24. The number of benzene rings is 1. The van der Waals surface area contributed by atoms with Crippen molar-refractivity contribution >= 4 is 11.6 Å². The number of rotatable bonds is 3. The summed E-state index contributed by atoms with van der Waals surface area (Å²) in [5.41, 5.74) is 4.29. The Morgan fingerprint density at radius 2 is 2.00 bits per heavy atom. The lowest BCUT2D eigenvalue weighted by Gasteiger charge is -2.30.